The molecule has 0 amide bonds. The lowest BCUT2D eigenvalue weighted by molar-refractivity contribution is -0.139. The fourth-order valence-corrected chi connectivity index (χ4v) is 2.25. The molecule has 2 atom stereocenters. The summed E-state index contributed by atoms with van der Waals surface area (Å²) in [5, 5.41) is 9.05. The van der Waals surface area contributed by atoms with Gasteiger partial charge in [-0.15, -0.1) is 0 Å². The Morgan fingerprint density at radius 1 is 1.00 bits per heavy atom. The number of benzene rings is 1. The predicted molar refractivity (Wildman–Crippen MR) is 116 cm³/mol. The summed E-state index contributed by atoms with van der Waals surface area (Å²) in [7, 11) is 0. The number of aliphatic carboxylic acids is 1. The van der Waals surface area contributed by atoms with E-state index in [1.165, 1.54) is 6.92 Å². The molecule has 0 aliphatic carbocycles. The SMILES string of the molecule is CC(=O)C(=O)C(C)CCN.CCC(C)=O.CCCCC(C(=O)O)c1ccccc1. The van der Waals surface area contributed by atoms with Gasteiger partial charge >= 0.3 is 5.97 Å². The third kappa shape index (κ3) is 15.3. The number of carbonyl (C=O) groups excluding carboxylic acids is 3. The van der Waals surface area contributed by atoms with Gasteiger partial charge < -0.3 is 15.6 Å². The van der Waals surface area contributed by atoms with Crippen LogP contribution >= 0.6 is 0 Å². The lowest BCUT2D eigenvalue weighted by Crippen LogP contribution is -2.21. The van der Waals surface area contributed by atoms with Gasteiger partial charge in [0.15, 0.2) is 5.78 Å². The molecule has 0 aliphatic rings. The van der Waals surface area contributed by atoms with Crippen LogP contribution in [0, 0.1) is 5.92 Å². The van der Waals surface area contributed by atoms with Crippen molar-refractivity contribution in [3.8, 4) is 0 Å². The Labute approximate surface area is 174 Å². The summed E-state index contributed by atoms with van der Waals surface area (Å²) in [6, 6.07) is 9.44. The number of hydrogen-bond donors (Lipinski definition) is 2. The van der Waals surface area contributed by atoms with E-state index in [9.17, 15) is 19.2 Å². The fraction of sp³-hybridized carbons (Fsp3) is 0.565. The van der Waals surface area contributed by atoms with Crippen molar-refractivity contribution in [2.75, 3.05) is 6.54 Å². The second-order valence-electron chi connectivity index (χ2n) is 6.90. The Morgan fingerprint density at radius 2 is 1.52 bits per heavy atom. The van der Waals surface area contributed by atoms with Gasteiger partial charge in [0.25, 0.3) is 0 Å². The average molecular weight is 408 g/mol. The lowest BCUT2D eigenvalue weighted by atomic mass is 9.94. The maximum Gasteiger partial charge on any atom is 0.310 e. The summed E-state index contributed by atoms with van der Waals surface area (Å²) < 4.78 is 0. The Hall–Kier alpha value is -2.34. The van der Waals surface area contributed by atoms with Crippen molar-refractivity contribution >= 4 is 23.3 Å². The van der Waals surface area contributed by atoms with Crippen molar-refractivity contribution < 1.29 is 24.3 Å². The van der Waals surface area contributed by atoms with Gasteiger partial charge in [-0.1, -0.05) is 63.9 Å². The van der Waals surface area contributed by atoms with Crippen LogP contribution in [0.15, 0.2) is 30.3 Å². The summed E-state index contributed by atoms with van der Waals surface area (Å²) in [6.07, 6.45) is 4.00. The molecule has 0 fully saturated rings. The van der Waals surface area contributed by atoms with Crippen molar-refractivity contribution in [2.24, 2.45) is 11.7 Å². The van der Waals surface area contributed by atoms with E-state index in [1.54, 1.807) is 13.8 Å². The highest BCUT2D eigenvalue weighted by molar-refractivity contribution is 6.36. The smallest absolute Gasteiger partial charge is 0.310 e. The van der Waals surface area contributed by atoms with E-state index in [4.69, 9.17) is 10.8 Å². The van der Waals surface area contributed by atoms with Crippen LogP contribution in [0.5, 0.6) is 0 Å². The summed E-state index contributed by atoms with van der Waals surface area (Å²) in [4.78, 5) is 42.1. The summed E-state index contributed by atoms with van der Waals surface area (Å²) in [5.74, 6) is -1.69. The fourth-order valence-electron chi connectivity index (χ4n) is 2.25. The van der Waals surface area contributed by atoms with Crippen LogP contribution in [-0.2, 0) is 19.2 Å². The molecule has 2 unspecified atom stereocenters. The molecule has 0 aliphatic heterocycles. The van der Waals surface area contributed by atoms with Gasteiger partial charge in [-0.3, -0.25) is 14.4 Å². The molecule has 0 bridgehead atoms. The van der Waals surface area contributed by atoms with Gasteiger partial charge in [0.05, 0.1) is 5.92 Å². The number of carbonyl (C=O) groups is 4. The first kappa shape index (κ1) is 28.9. The minimum Gasteiger partial charge on any atom is -0.481 e. The van der Waals surface area contributed by atoms with Crippen LogP contribution in [0.25, 0.3) is 0 Å². The molecule has 3 N–H and O–H groups in total. The number of nitrogens with two attached hydrogens (primary N) is 1. The van der Waals surface area contributed by atoms with Gasteiger partial charge in [-0.05, 0) is 31.9 Å². The molecule has 29 heavy (non-hydrogen) atoms. The quantitative estimate of drug-likeness (QED) is 0.563. The van der Waals surface area contributed by atoms with Crippen LogP contribution in [0.3, 0.4) is 0 Å². The molecule has 1 aromatic carbocycles. The molecule has 0 heterocycles. The zero-order valence-electron chi connectivity index (χ0n) is 18.4. The number of hydrogen-bond acceptors (Lipinski definition) is 5. The van der Waals surface area contributed by atoms with E-state index in [-0.39, 0.29) is 29.2 Å². The van der Waals surface area contributed by atoms with E-state index >= 15 is 0 Å². The Kier molecular flexibility index (Phi) is 17.7. The molecular weight excluding hydrogens is 370 g/mol. The van der Waals surface area contributed by atoms with Crippen LogP contribution in [0.2, 0.25) is 0 Å². The van der Waals surface area contributed by atoms with Crippen LogP contribution in [0.4, 0.5) is 0 Å². The Balaban J connectivity index is 0. The molecule has 6 nitrogen and oxygen atoms in total. The maximum absolute atomic E-state index is 11.0. The number of unbranched alkanes of at least 4 members (excludes halogenated alkanes) is 1. The van der Waals surface area contributed by atoms with Crippen LogP contribution < -0.4 is 5.73 Å². The van der Waals surface area contributed by atoms with Crippen LogP contribution in [-0.4, -0.2) is 35.0 Å². The number of Topliss-reactive ketones (excluding diaryl/α,β-unsaturated/α-hetero) is 3. The highest BCUT2D eigenvalue weighted by Crippen LogP contribution is 2.21. The number of carboxylic acid groups (broad SMARTS) is 1. The molecule has 1 aromatic rings. The normalized spacial score (nSPS) is 11.7. The molecule has 6 heteroatoms. The standard InChI is InChI=1S/C12H16O2.C7H13NO2.C4H8O/c1-2-3-9-11(12(13)14)10-7-5-4-6-8-10;1-5(3-4-8)7(10)6(2)9;1-3-4(2)5/h4-8,11H,2-3,9H2,1H3,(H,13,14);5H,3-4,8H2,1-2H3;3H2,1-2H3. The third-order valence-corrected chi connectivity index (χ3v) is 4.24. The Bertz CT molecular complexity index is 613. The molecule has 0 saturated heterocycles. The summed E-state index contributed by atoms with van der Waals surface area (Å²) in [6.45, 7) is 8.97. The van der Waals surface area contributed by atoms with E-state index in [0.29, 0.717) is 19.4 Å². The predicted octanol–water partition coefficient (Wildman–Crippen LogP) is 4.16. The second-order valence-corrected chi connectivity index (χ2v) is 6.90. The minimum absolute atomic E-state index is 0.206. The van der Waals surface area contributed by atoms with Gasteiger partial charge in [0, 0.05) is 19.3 Å². The molecule has 0 aromatic heterocycles. The summed E-state index contributed by atoms with van der Waals surface area (Å²) in [5.41, 5.74) is 6.11. The molecule has 0 spiro atoms. The van der Waals surface area contributed by atoms with Crippen LogP contribution in [0.1, 0.15) is 78.2 Å². The first-order valence-electron chi connectivity index (χ1n) is 10.1. The van der Waals surface area contributed by atoms with Gasteiger partial charge in [-0.25, -0.2) is 0 Å². The largest absolute Gasteiger partial charge is 0.481 e. The highest BCUT2D eigenvalue weighted by Gasteiger charge is 2.18. The van der Waals surface area contributed by atoms with E-state index in [2.05, 4.69) is 6.92 Å². The number of rotatable bonds is 10. The van der Waals surface area contributed by atoms with Crippen molar-refractivity contribution in [1.82, 2.24) is 0 Å². The van der Waals surface area contributed by atoms with Gasteiger partial charge in [-0.2, -0.15) is 0 Å². The minimum atomic E-state index is -0.718. The van der Waals surface area contributed by atoms with Gasteiger partial charge in [0.2, 0.25) is 5.78 Å². The first-order valence-corrected chi connectivity index (χ1v) is 10.1. The van der Waals surface area contributed by atoms with E-state index in [0.717, 1.165) is 24.8 Å². The zero-order valence-corrected chi connectivity index (χ0v) is 18.4. The molecule has 0 saturated carbocycles. The number of carboxylic acids is 1. The lowest BCUT2D eigenvalue weighted by Gasteiger charge is -2.11. The first-order chi connectivity index (χ1) is 13.6. The number of ketones is 3. The van der Waals surface area contributed by atoms with Gasteiger partial charge in [0.1, 0.15) is 5.78 Å². The molecule has 0 radical (unpaired) electrons. The molecular formula is C23H37NO5. The second kappa shape index (κ2) is 17.7. The van der Waals surface area contributed by atoms with Crippen molar-refractivity contribution in [2.45, 2.75) is 72.6 Å². The highest BCUT2D eigenvalue weighted by atomic mass is 16.4. The van der Waals surface area contributed by atoms with Crippen molar-refractivity contribution in [3.63, 3.8) is 0 Å². The van der Waals surface area contributed by atoms with E-state index < -0.39 is 5.97 Å². The maximum atomic E-state index is 11.0. The Morgan fingerprint density at radius 3 is 1.86 bits per heavy atom. The molecule has 1 rings (SSSR count). The third-order valence-electron chi connectivity index (χ3n) is 4.24. The molecule has 164 valence electrons. The van der Waals surface area contributed by atoms with E-state index in [1.807, 2.05) is 37.3 Å². The topological polar surface area (TPSA) is 115 Å². The van der Waals surface area contributed by atoms with Crippen molar-refractivity contribution in [3.05, 3.63) is 35.9 Å². The average Bonchev–Trinajstić information content (AvgIpc) is 2.69. The monoisotopic (exact) mass is 407 g/mol. The van der Waals surface area contributed by atoms with Crippen molar-refractivity contribution in [1.29, 1.82) is 0 Å². The zero-order chi connectivity index (χ0) is 22.8. The summed E-state index contributed by atoms with van der Waals surface area (Å²) >= 11 is 0.